The fourth-order valence-corrected chi connectivity index (χ4v) is 5.84. The van der Waals surface area contributed by atoms with Crippen LogP contribution in [0.15, 0.2) is 71.6 Å². The van der Waals surface area contributed by atoms with E-state index < -0.39 is 15.8 Å². The molecular formula is C27H30ClFN2O4S. The fourth-order valence-electron chi connectivity index (χ4n) is 4.19. The van der Waals surface area contributed by atoms with E-state index in [2.05, 4.69) is 4.90 Å². The Morgan fingerprint density at radius 3 is 2.44 bits per heavy atom. The lowest BCUT2D eigenvalue weighted by Gasteiger charge is -2.36. The largest absolute Gasteiger partial charge is 0.497 e. The van der Waals surface area contributed by atoms with Crippen molar-refractivity contribution >= 4 is 21.6 Å². The predicted octanol–water partition coefficient (Wildman–Crippen LogP) is 5.06. The highest BCUT2D eigenvalue weighted by Gasteiger charge is 2.30. The highest BCUT2D eigenvalue weighted by atomic mass is 35.5. The van der Waals surface area contributed by atoms with Gasteiger partial charge < -0.3 is 9.47 Å². The van der Waals surface area contributed by atoms with Crippen molar-refractivity contribution in [1.82, 2.24) is 9.21 Å². The number of methoxy groups -OCH3 is 1. The van der Waals surface area contributed by atoms with Crippen molar-refractivity contribution in [3.8, 4) is 5.75 Å². The van der Waals surface area contributed by atoms with Crippen molar-refractivity contribution in [2.45, 2.75) is 24.5 Å². The van der Waals surface area contributed by atoms with Crippen molar-refractivity contribution < 1.29 is 22.3 Å². The van der Waals surface area contributed by atoms with Crippen LogP contribution in [0, 0.1) is 12.7 Å². The molecule has 0 spiro atoms. The maximum absolute atomic E-state index is 14.0. The van der Waals surface area contributed by atoms with Gasteiger partial charge in [-0.05, 0) is 60.0 Å². The minimum absolute atomic E-state index is 0.0156. The summed E-state index contributed by atoms with van der Waals surface area (Å²) in [6.07, 6.45) is -0.256. The Morgan fingerprint density at radius 1 is 1.00 bits per heavy atom. The molecule has 0 aromatic heterocycles. The maximum Gasteiger partial charge on any atom is 0.243 e. The summed E-state index contributed by atoms with van der Waals surface area (Å²) in [6, 6.07) is 19.4. The van der Waals surface area contributed by atoms with Crippen LogP contribution in [0.25, 0.3) is 0 Å². The zero-order valence-corrected chi connectivity index (χ0v) is 21.9. The first-order valence-electron chi connectivity index (χ1n) is 11.7. The molecule has 0 N–H and O–H groups in total. The molecule has 1 fully saturated rings. The molecule has 0 amide bonds. The number of aryl methyl sites for hydroxylation is 1. The van der Waals surface area contributed by atoms with E-state index in [1.54, 1.807) is 14.0 Å². The van der Waals surface area contributed by atoms with Gasteiger partial charge in [0.1, 0.15) is 11.6 Å². The van der Waals surface area contributed by atoms with Gasteiger partial charge in [0.2, 0.25) is 10.0 Å². The van der Waals surface area contributed by atoms with E-state index in [1.165, 1.54) is 16.4 Å². The van der Waals surface area contributed by atoms with E-state index in [1.807, 2.05) is 48.5 Å². The summed E-state index contributed by atoms with van der Waals surface area (Å²) in [5.41, 5.74) is 2.36. The quantitative estimate of drug-likeness (QED) is 0.385. The third kappa shape index (κ3) is 6.44. The van der Waals surface area contributed by atoms with E-state index in [0.29, 0.717) is 49.9 Å². The summed E-state index contributed by atoms with van der Waals surface area (Å²) in [4.78, 5) is 2.17. The first kappa shape index (κ1) is 26.6. The Labute approximate surface area is 217 Å². The average molecular weight is 533 g/mol. The van der Waals surface area contributed by atoms with Crippen LogP contribution < -0.4 is 4.74 Å². The molecule has 4 rings (SSSR count). The summed E-state index contributed by atoms with van der Waals surface area (Å²) < 4.78 is 53.2. The topological polar surface area (TPSA) is 59.1 Å². The smallest absolute Gasteiger partial charge is 0.243 e. The van der Waals surface area contributed by atoms with Crippen LogP contribution >= 0.6 is 11.6 Å². The minimum atomic E-state index is -3.76. The molecule has 1 aliphatic heterocycles. The van der Waals surface area contributed by atoms with Crippen LogP contribution in [0.2, 0.25) is 5.02 Å². The average Bonchev–Trinajstić information content (AvgIpc) is 2.88. The number of rotatable bonds is 9. The van der Waals surface area contributed by atoms with E-state index >= 15 is 0 Å². The Hall–Kier alpha value is -2.49. The molecule has 36 heavy (non-hydrogen) atoms. The number of hydrogen-bond acceptors (Lipinski definition) is 5. The molecule has 192 valence electrons. The zero-order valence-electron chi connectivity index (χ0n) is 20.4. The van der Waals surface area contributed by atoms with E-state index in [4.69, 9.17) is 21.1 Å². The maximum atomic E-state index is 14.0. The van der Waals surface area contributed by atoms with Gasteiger partial charge in [-0.15, -0.1) is 0 Å². The Balaban J connectivity index is 1.44. The number of nitrogens with zero attached hydrogens (tertiary/aromatic N) is 2. The van der Waals surface area contributed by atoms with Gasteiger partial charge in [0.15, 0.2) is 0 Å². The first-order valence-corrected chi connectivity index (χ1v) is 13.6. The lowest BCUT2D eigenvalue weighted by Crippen LogP contribution is -2.49. The molecular weight excluding hydrogens is 503 g/mol. The molecule has 3 aromatic rings. The molecule has 1 unspecified atom stereocenters. The standard InChI is InChI=1S/C27H30ClFN2O4S/c1-20-9-10-25(17-26(20)29)36(32,33)31-13-11-30(12-14-31)18-27(22-6-4-8-24(16-22)34-2)35-19-21-5-3-7-23(28)15-21/h3-10,15-17,27H,11-14,18-19H2,1-2H3. The van der Waals surface area contributed by atoms with Gasteiger partial charge in [-0.25, -0.2) is 12.8 Å². The summed E-state index contributed by atoms with van der Waals surface area (Å²) >= 11 is 6.13. The third-order valence-corrected chi connectivity index (χ3v) is 8.47. The second kappa shape index (κ2) is 11.7. The molecule has 0 bridgehead atoms. The van der Waals surface area contributed by atoms with Gasteiger partial charge in [-0.1, -0.05) is 41.9 Å². The number of halogens is 2. The molecule has 1 aliphatic rings. The van der Waals surface area contributed by atoms with Gasteiger partial charge in [-0.2, -0.15) is 4.31 Å². The molecule has 6 nitrogen and oxygen atoms in total. The van der Waals surface area contributed by atoms with Crippen LogP contribution in [0.5, 0.6) is 5.75 Å². The summed E-state index contributed by atoms with van der Waals surface area (Å²) in [6.45, 7) is 4.28. The van der Waals surface area contributed by atoms with Gasteiger partial charge in [0.05, 0.1) is 24.7 Å². The molecule has 0 saturated carbocycles. The SMILES string of the molecule is COc1cccc(C(CN2CCN(S(=O)(=O)c3ccc(C)c(F)c3)CC2)OCc2cccc(Cl)c2)c1. The normalized spacial score (nSPS) is 16.1. The minimum Gasteiger partial charge on any atom is -0.497 e. The van der Waals surface area contributed by atoms with Gasteiger partial charge in [0.25, 0.3) is 0 Å². The second-order valence-corrected chi connectivity index (χ2v) is 11.2. The summed E-state index contributed by atoms with van der Waals surface area (Å²) in [5, 5.41) is 0.653. The monoisotopic (exact) mass is 532 g/mol. The lowest BCUT2D eigenvalue weighted by molar-refractivity contribution is 0.00763. The van der Waals surface area contributed by atoms with Crippen molar-refractivity contribution in [2.24, 2.45) is 0 Å². The lowest BCUT2D eigenvalue weighted by atomic mass is 10.1. The molecule has 3 aromatic carbocycles. The van der Waals surface area contributed by atoms with Crippen molar-refractivity contribution in [1.29, 1.82) is 0 Å². The van der Waals surface area contributed by atoms with E-state index in [-0.39, 0.29) is 11.0 Å². The molecule has 1 atom stereocenters. The molecule has 1 heterocycles. The van der Waals surface area contributed by atoms with Gasteiger partial charge in [-0.3, -0.25) is 4.90 Å². The number of hydrogen-bond donors (Lipinski definition) is 0. The molecule has 1 saturated heterocycles. The second-order valence-electron chi connectivity index (χ2n) is 8.82. The van der Waals surface area contributed by atoms with Crippen LogP contribution in [0.1, 0.15) is 22.8 Å². The Morgan fingerprint density at radius 2 is 1.75 bits per heavy atom. The Bertz CT molecular complexity index is 1300. The fraction of sp³-hybridized carbons (Fsp3) is 0.333. The number of piperazine rings is 1. The predicted molar refractivity (Wildman–Crippen MR) is 138 cm³/mol. The number of benzene rings is 3. The van der Waals surface area contributed by atoms with Gasteiger partial charge in [0, 0.05) is 37.7 Å². The first-order chi connectivity index (χ1) is 17.3. The van der Waals surface area contributed by atoms with Crippen LogP contribution in [0.3, 0.4) is 0 Å². The molecule has 0 radical (unpaired) electrons. The summed E-state index contributed by atoms with van der Waals surface area (Å²) in [5.74, 6) is 0.220. The van der Waals surface area contributed by atoms with Crippen LogP contribution in [-0.2, 0) is 21.4 Å². The van der Waals surface area contributed by atoms with Crippen LogP contribution in [-0.4, -0.2) is 57.5 Å². The molecule has 0 aliphatic carbocycles. The summed E-state index contributed by atoms with van der Waals surface area (Å²) in [7, 11) is -2.13. The van der Waals surface area contributed by atoms with Crippen molar-refractivity contribution in [3.63, 3.8) is 0 Å². The third-order valence-electron chi connectivity index (χ3n) is 6.34. The molecule has 9 heteroatoms. The van der Waals surface area contributed by atoms with Crippen LogP contribution in [0.4, 0.5) is 4.39 Å². The van der Waals surface area contributed by atoms with E-state index in [9.17, 15) is 12.8 Å². The van der Waals surface area contributed by atoms with E-state index in [0.717, 1.165) is 22.9 Å². The van der Waals surface area contributed by atoms with Gasteiger partial charge >= 0.3 is 0 Å². The highest BCUT2D eigenvalue weighted by Crippen LogP contribution is 2.26. The number of sulfonamides is 1. The highest BCUT2D eigenvalue weighted by molar-refractivity contribution is 7.89. The number of ether oxygens (including phenoxy) is 2. The van der Waals surface area contributed by atoms with Crippen molar-refractivity contribution in [3.05, 3.63) is 94.3 Å². The zero-order chi connectivity index (χ0) is 25.7. The Kier molecular flexibility index (Phi) is 8.64. The van der Waals surface area contributed by atoms with Crippen molar-refractivity contribution in [2.75, 3.05) is 39.8 Å².